The molecule has 1 atom stereocenters. The van der Waals surface area contributed by atoms with Crippen LogP contribution in [0.15, 0.2) is 35.1 Å². The number of rotatable bonds is 4. The van der Waals surface area contributed by atoms with Gasteiger partial charge < -0.3 is 14.5 Å². The molecule has 0 unspecified atom stereocenters. The van der Waals surface area contributed by atoms with Gasteiger partial charge in [-0.2, -0.15) is 18.3 Å². The van der Waals surface area contributed by atoms with Gasteiger partial charge in [0.15, 0.2) is 17.1 Å². The molecule has 0 radical (unpaired) electrons. The van der Waals surface area contributed by atoms with Crippen LogP contribution in [0, 0.1) is 0 Å². The van der Waals surface area contributed by atoms with Crippen molar-refractivity contribution in [2.24, 2.45) is 0 Å². The number of halogens is 3. The first kappa shape index (κ1) is 17.5. The minimum Gasteiger partial charge on any atom is -0.463 e. The van der Waals surface area contributed by atoms with Crippen molar-refractivity contribution < 1.29 is 27.1 Å². The Kier molecular flexibility index (Phi) is 4.34. The number of aromatic nitrogens is 3. The Labute approximate surface area is 151 Å². The van der Waals surface area contributed by atoms with Gasteiger partial charge in [-0.3, -0.25) is 4.79 Å². The second-order valence-corrected chi connectivity index (χ2v) is 6.14. The van der Waals surface area contributed by atoms with Gasteiger partial charge in [0.25, 0.3) is 5.91 Å². The lowest BCUT2D eigenvalue weighted by molar-refractivity contribution is -0.142. The Hall–Kier alpha value is -2.88. The summed E-state index contributed by atoms with van der Waals surface area (Å²) in [6, 6.07) is 3.87. The first-order valence-electron chi connectivity index (χ1n) is 8.33. The average Bonchev–Trinajstić information content (AvgIpc) is 3.39. The Balaban J connectivity index is 1.73. The van der Waals surface area contributed by atoms with E-state index in [0.717, 1.165) is 25.1 Å². The number of nitrogens with one attached hydrogen (secondary N) is 1. The minimum absolute atomic E-state index is 0.0338. The first-order chi connectivity index (χ1) is 12.9. The molecule has 142 valence electrons. The molecule has 0 spiro atoms. The summed E-state index contributed by atoms with van der Waals surface area (Å²) in [6.07, 6.45) is -0.615. The Bertz CT molecular complexity index is 960. The standard InChI is InChI=1S/C17H15F3N4O3/c18-17(19,20)14-7-12(13-4-2-6-27-13)23-15-11(9-22-24(14)15)16(25)21-8-10-3-1-5-26-10/h2,4,6-7,9-10H,1,3,5,8H2,(H,21,25)/t10-/m1/s1. The summed E-state index contributed by atoms with van der Waals surface area (Å²) in [7, 11) is 0. The summed E-state index contributed by atoms with van der Waals surface area (Å²) >= 11 is 0. The van der Waals surface area contributed by atoms with Crippen LogP contribution in [0.3, 0.4) is 0 Å². The normalized spacial score (nSPS) is 17.5. The maximum absolute atomic E-state index is 13.5. The van der Waals surface area contributed by atoms with Gasteiger partial charge in [0.1, 0.15) is 11.3 Å². The molecule has 1 amide bonds. The van der Waals surface area contributed by atoms with Gasteiger partial charge in [-0.25, -0.2) is 9.50 Å². The lowest BCUT2D eigenvalue weighted by atomic mass is 10.2. The van der Waals surface area contributed by atoms with Crippen molar-refractivity contribution >= 4 is 11.6 Å². The first-order valence-corrected chi connectivity index (χ1v) is 8.33. The molecule has 3 aromatic heterocycles. The van der Waals surface area contributed by atoms with Crippen LogP contribution >= 0.6 is 0 Å². The lowest BCUT2D eigenvalue weighted by Gasteiger charge is -2.11. The van der Waals surface area contributed by atoms with Gasteiger partial charge >= 0.3 is 6.18 Å². The van der Waals surface area contributed by atoms with Crippen LogP contribution < -0.4 is 5.32 Å². The van der Waals surface area contributed by atoms with Crippen molar-refractivity contribution in [2.45, 2.75) is 25.1 Å². The van der Waals surface area contributed by atoms with E-state index in [1.807, 2.05) is 0 Å². The Morgan fingerprint density at radius 1 is 1.41 bits per heavy atom. The fraction of sp³-hybridized carbons (Fsp3) is 0.353. The van der Waals surface area contributed by atoms with E-state index in [0.29, 0.717) is 11.1 Å². The third-order valence-corrected chi connectivity index (χ3v) is 4.29. The SMILES string of the molecule is O=C(NC[C@H]1CCCO1)c1cnn2c(C(F)(F)F)cc(-c3ccco3)nc12. The Morgan fingerprint density at radius 2 is 2.26 bits per heavy atom. The lowest BCUT2D eigenvalue weighted by Crippen LogP contribution is -2.31. The van der Waals surface area contributed by atoms with E-state index >= 15 is 0 Å². The molecule has 27 heavy (non-hydrogen) atoms. The summed E-state index contributed by atoms with van der Waals surface area (Å²) in [5, 5.41) is 6.39. The fourth-order valence-corrected chi connectivity index (χ4v) is 2.98. The van der Waals surface area contributed by atoms with Gasteiger partial charge in [0, 0.05) is 13.2 Å². The number of carbonyl (C=O) groups excluding carboxylic acids is 1. The molecule has 10 heteroatoms. The molecule has 1 N–H and O–H groups in total. The molecule has 0 saturated carbocycles. The number of alkyl halides is 3. The second kappa shape index (κ2) is 6.69. The summed E-state index contributed by atoms with van der Waals surface area (Å²) in [5.41, 5.74) is -1.32. The van der Waals surface area contributed by atoms with Crippen LogP contribution in [0.2, 0.25) is 0 Å². The molecule has 0 aromatic carbocycles. The van der Waals surface area contributed by atoms with E-state index in [-0.39, 0.29) is 35.3 Å². The van der Waals surface area contributed by atoms with Crippen molar-refractivity contribution in [3.05, 3.63) is 41.9 Å². The number of hydrogen-bond acceptors (Lipinski definition) is 5. The largest absolute Gasteiger partial charge is 0.463 e. The van der Waals surface area contributed by atoms with Crippen molar-refractivity contribution in [2.75, 3.05) is 13.2 Å². The monoisotopic (exact) mass is 380 g/mol. The maximum atomic E-state index is 13.5. The third kappa shape index (κ3) is 3.39. The summed E-state index contributed by atoms with van der Waals surface area (Å²) in [6.45, 7) is 0.917. The predicted molar refractivity (Wildman–Crippen MR) is 87.0 cm³/mol. The number of hydrogen-bond donors (Lipinski definition) is 1. The summed E-state index contributed by atoms with van der Waals surface area (Å²) < 4.78 is 51.6. The van der Waals surface area contributed by atoms with Crippen molar-refractivity contribution in [1.29, 1.82) is 0 Å². The zero-order valence-electron chi connectivity index (χ0n) is 14.0. The van der Waals surface area contributed by atoms with Crippen molar-refractivity contribution in [3.8, 4) is 11.5 Å². The van der Waals surface area contributed by atoms with Gasteiger partial charge in [-0.1, -0.05) is 0 Å². The smallest absolute Gasteiger partial charge is 0.433 e. The maximum Gasteiger partial charge on any atom is 0.433 e. The third-order valence-electron chi connectivity index (χ3n) is 4.29. The van der Waals surface area contributed by atoms with E-state index in [1.54, 1.807) is 6.07 Å². The van der Waals surface area contributed by atoms with Crippen molar-refractivity contribution in [1.82, 2.24) is 19.9 Å². The fourth-order valence-electron chi connectivity index (χ4n) is 2.98. The molecule has 7 nitrogen and oxygen atoms in total. The number of carbonyl (C=O) groups is 1. The summed E-state index contributed by atoms with van der Waals surface area (Å²) in [4.78, 5) is 16.6. The van der Waals surface area contributed by atoms with Crippen LogP contribution in [0.1, 0.15) is 28.9 Å². The van der Waals surface area contributed by atoms with E-state index in [2.05, 4.69) is 15.4 Å². The van der Waals surface area contributed by atoms with E-state index in [1.165, 1.54) is 12.3 Å². The highest BCUT2D eigenvalue weighted by Crippen LogP contribution is 2.32. The highest BCUT2D eigenvalue weighted by Gasteiger charge is 2.36. The predicted octanol–water partition coefficient (Wildman–Crippen LogP) is 2.92. The average molecular weight is 380 g/mol. The number of furan rings is 1. The molecular formula is C17H15F3N4O3. The topological polar surface area (TPSA) is 81.7 Å². The van der Waals surface area contributed by atoms with E-state index < -0.39 is 17.8 Å². The molecule has 0 aliphatic carbocycles. The van der Waals surface area contributed by atoms with Gasteiger partial charge in [0.2, 0.25) is 0 Å². The van der Waals surface area contributed by atoms with Crippen LogP contribution in [0.5, 0.6) is 0 Å². The zero-order chi connectivity index (χ0) is 19.0. The molecule has 0 bridgehead atoms. The van der Waals surface area contributed by atoms with Gasteiger partial charge in [-0.15, -0.1) is 0 Å². The Morgan fingerprint density at radius 3 is 2.93 bits per heavy atom. The molecule has 4 heterocycles. The number of nitrogens with zero attached hydrogens (tertiary/aromatic N) is 3. The molecule has 3 aromatic rings. The van der Waals surface area contributed by atoms with Crippen LogP contribution in [-0.2, 0) is 10.9 Å². The highest BCUT2D eigenvalue weighted by atomic mass is 19.4. The minimum atomic E-state index is -4.68. The second-order valence-electron chi connectivity index (χ2n) is 6.14. The molecule has 1 fully saturated rings. The van der Waals surface area contributed by atoms with Crippen LogP contribution in [0.4, 0.5) is 13.2 Å². The number of ether oxygens (including phenoxy) is 1. The molecule has 4 rings (SSSR count). The van der Waals surface area contributed by atoms with E-state index in [9.17, 15) is 18.0 Å². The van der Waals surface area contributed by atoms with Crippen LogP contribution in [0.25, 0.3) is 17.1 Å². The van der Waals surface area contributed by atoms with Crippen molar-refractivity contribution in [3.63, 3.8) is 0 Å². The number of fused-ring (bicyclic) bond motifs is 1. The summed E-state index contributed by atoms with van der Waals surface area (Å²) in [5.74, 6) is -0.396. The molecule has 1 aliphatic rings. The zero-order valence-corrected chi connectivity index (χ0v) is 14.0. The van der Waals surface area contributed by atoms with Gasteiger partial charge in [0.05, 0.1) is 18.6 Å². The quantitative estimate of drug-likeness (QED) is 0.753. The number of amides is 1. The molecule has 1 aliphatic heterocycles. The molecular weight excluding hydrogens is 365 g/mol. The van der Waals surface area contributed by atoms with Gasteiger partial charge in [-0.05, 0) is 31.0 Å². The highest BCUT2D eigenvalue weighted by molar-refractivity contribution is 5.99. The van der Waals surface area contributed by atoms with Crippen LogP contribution in [-0.4, -0.2) is 39.8 Å². The van der Waals surface area contributed by atoms with E-state index in [4.69, 9.17) is 9.15 Å². The molecule has 1 saturated heterocycles.